The molecule has 0 aromatic heterocycles. The monoisotopic (exact) mass is 849 g/mol. The van der Waals surface area contributed by atoms with E-state index in [1.807, 2.05) is 6.07 Å². The lowest BCUT2D eigenvalue weighted by Gasteiger charge is -2.27. The first kappa shape index (κ1) is 43.6. The molecule has 5 aromatic rings. The van der Waals surface area contributed by atoms with Crippen molar-refractivity contribution in [2.45, 2.75) is 38.5 Å². The molecule has 0 aliphatic carbocycles. The average molecular weight is 850 g/mol. The molecule has 5 aromatic carbocycles. The molecule has 0 aliphatic heterocycles. The minimum atomic E-state index is -4.99. The van der Waals surface area contributed by atoms with Gasteiger partial charge in [-0.15, -0.1) is 15.3 Å². The van der Waals surface area contributed by atoms with Crippen molar-refractivity contribution in [3.8, 4) is 17.2 Å². The Morgan fingerprint density at radius 2 is 1.45 bits per heavy atom. The largest absolute Gasteiger partial charge is 0.505 e. The van der Waals surface area contributed by atoms with Gasteiger partial charge in [0.1, 0.15) is 33.5 Å². The van der Waals surface area contributed by atoms with Crippen molar-refractivity contribution in [2.24, 2.45) is 32.3 Å². The lowest BCUT2D eigenvalue weighted by molar-refractivity contribution is -0.146. The van der Waals surface area contributed by atoms with Gasteiger partial charge in [0.25, 0.3) is 10.1 Å². The number of ether oxygens (including phenoxy) is 2. The highest BCUT2D eigenvalue weighted by Crippen LogP contribution is 2.46. The van der Waals surface area contributed by atoms with Gasteiger partial charge in [0, 0.05) is 28.5 Å². The van der Waals surface area contributed by atoms with Gasteiger partial charge >= 0.3 is 5.97 Å². The predicted octanol–water partition coefficient (Wildman–Crippen LogP) is 9.01. The van der Waals surface area contributed by atoms with Crippen LogP contribution in [0.1, 0.15) is 39.2 Å². The standard InChI is InChI=1S/C39H41N5O11P2S/c1-5-54-32-21-31(33(55-6-2)20-30(32)42-41-27-13-10-14-28(18-27)57(49,50)56)43-44-36-34(58(51,52)53)17-25-15-16-26(19-29(25)37(36)45)40-38(46)35(23(4)39(47)48)22(3)24-11-8-7-9-12-24/h7-23,35,45,49-50,56H,5-6H2,1-4H3,(H,40,46)(H,47,48)(H,51,52,53)/b42-41+,44-43+. The average Bonchev–Trinajstić information content (AvgIpc) is 3.17. The second-order valence-corrected chi connectivity index (χ2v) is 18.0. The Morgan fingerprint density at radius 1 is 0.828 bits per heavy atom. The number of hydrogen-bond donors (Lipinski definition) is 6. The molecule has 0 spiro atoms. The van der Waals surface area contributed by atoms with E-state index in [0.29, 0.717) is 5.69 Å². The van der Waals surface area contributed by atoms with E-state index >= 15 is 0 Å². The number of carboxylic acid groups (broad SMARTS) is 1. The van der Waals surface area contributed by atoms with Gasteiger partial charge in [0.2, 0.25) is 5.91 Å². The maximum Gasteiger partial charge on any atom is 0.307 e. The highest BCUT2D eigenvalue weighted by Gasteiger charge is 2.35. The zero-order valence-corrected chi connectivity index (χ0v) is 34.3. The summed E-state index contributed by atoms with van der Waals surface area (Å²) in [6, 6.07) is 23.3. The number of nitrogens with zero attached hydrogens (tertiary/aromatic N) is 4. The van der Waals surface area contributed by atoms with Crippen molar-refractivity contribution in [3.63, 3.8) is 0 Å². The van der Waals surface area contributed by atoms with E-state index in [4.69, 9.17) is 9.47 Å². The quantitative estimate of drug-likeness (QED) is 0.0310. The Morgan fingerprint density at radius 3 is 2.02 bits per heavy atom. The van der Waals surface area contributed by atoms with Crippen LogP contribution in [0.5, 0.6) is 17.2 Å². The molecule has 5 rings (SSSR count). The van der Waals surface area contributed by atoms with Crippen LogP contribution in [0.15, 0.2) is 116 Å². The normalized spacial score (nSPS) is 13.7. The van der Waals surface area contributed by atoms with Crippen molar-refractivity contribution < 1.29 is 52.0 Å². The van der Waals surface area contributed by atoms with Crippen LogP contribution in [-0.4, -0.2) is 58.1 Å². The van der Waals surface area contributed by atoms with Gasteiger partial charge in [-0.3, -0.25) is 14.1 Å². The number of carbonyl (C=O) groups is 2. The summed E-state index contributed by atoms with van der Waals surface area (Å²) in [5, 5.41) is 41.2. The smallest absolute Gasteiger partial charge is 0.307 e. The number of rotatable bonds is 16. The number of hydrogen-bond acceptors (Lipinski definition) is 11. The van der Waals surface area contributed by atoms with Crippen LogP contribution in [0.3, 0.4) is 0 Å². The third kappa shape index (κ3) is 10.3. The fourth-order valence-electron chi connectivity index (χ4n) is 6.14. The fourth-order valence-corrected chi connectivity index (χ4v) is 7.83. The van der Waals surface area contributed by atoms with E-state index < -0.39 is 63.1 Å². The number of amides is 1. The van der Waals surface area contributed by atoms with E-state index in [9.17, 15) is 42.6 Å². The van der Waals surface area contributed by atoms with E-state index in [1.54, 1.807) is 57.2 Å². The number of phenols is 1. The Labute approximate surface area is 336 Å². The van der Waals surface area contributed by atoms with Gasteiger partial charge in [-0.2, -0.15) is 13.5 Å². The molecule has 3 atom stereocenters. The zero-order valence-electron chi connectivity index (χ0n) is 31.6. The molecule has 58 heavy (non-hydrogen) atoms. The van der Waals surface area contributed by atoms with Gasteiger partial charge in [-0.25, -0.2) is 0 Å². The molecule has 0 heterocycles. The van der Waals surface area contributed by atoms with Crippen LogP contribution in [0.4, 0.5) is 28.4 Å². The number of carboxylic acids is 1. The first-order valence-electron chi connectivity index (χ1n) is 17.8. The molecular formula is C39H41N5O11P2S. The van der Waals surface area contributed by atoms with E-state index in [2.05, 4.69) is 34.3 Å². The maximum absolute atomic E-state index is 13.7. The van der Waals surface area contributed by atoms with Gasteiger partial charge in [0.05, 0.1) is 30.7 Å². The topological polar surface area (TPSA) is 249 Å². The molecule has 1 amide bonds. The number of nitrogens with one attached hydrogen (secondary N) is 1. The van der Waals surface area contributed by atoms with Crippen molar-refractivity contribution in [1.82, 2.24) is 0 Å². The number of anilines is 1. The molecule has 3 unspecified atom stereocenters. The third-order valence-electron chi connectivity index (χ3n) is 9.05. The third-order valence-corrected chi connectivity index (χ3v) is 11.7. The number of carbonyl (C=O) groups excluding carboxylic acids is 1. The van der Waals surface area contributed by atoms with E-state index in [1.165, 1.54) is 49.4 Å². The first-order valence-corrected chi connectivity index (χ1v) is 22.2. The molecule has 0 fully saturated rings. The summed E-state index contributed by atoms with van der Waals surface area (Å²) in [6.07, 6.45) is 0. The van der Waals surface area contributed by atoms with Crippen LogP contribution in [-0.2, 0) is 19.7 Å². The van der Waals surface area contributed by atoms with Crippen LogP contribution in [0.2, 0.25) is 0 Å². The van der Waals surface area contributed by atoms with Crippen molar-refractivity contribution in [3.05, 3.63) is 96.6 Å². The molecule has 0 saturated heterocycles. The number of benzene rings is 5. The number of azo groups is 2. The molecular weight excluding hydrogens is 808 g/mol. The fraction of sp³-hybridized carbons (Fsp3) is 0.231. The lowest BCUT2D eigenvalue weighted by Crippen LogP contribution is -2.35. The molecule has 6 N–H and O–H groups in total. The molecule has 0 bridgehead atoms. The van der Waals surface area contributed by atoms with E-state index in [-0.39, 0.29) is 57.9 Å². The minimum absolute atomic E-state index is 0.0216. The summed E-state index contributed by atoms with van der Waals surface area (Å²) in [6.45, 7) is 6.98. The Kier molecular flexibility index (Phi) is 13.8. The Balaban J connectivity index is 1.55. The second-order valence-electron chi connectivity index (χ2n) is 13.0. The molecule has 0 saturated carbocycles. The van der Waals surface area contributed by atoms with Crippen LogP contribution in [0.25, 0.3) is 10.8 Å². The number of aliphatic carboxylic acids is 1. The second kappa shape index (κ2) is 18.4. The Bertz CT molecular complexity index is 2570. The van der Waals surface area contributed by atoms with Crippen molar-refractivity contribution in [1.29, 1.82) is 0 Å². The van der Waals surface area contributed by atoms with Gasteiger partial charge < -0.3 is 34.8 Å². The van der Waals surface area contributed by atoms with E-state index in [0.717, 1.165) is 11.6 Å². The summed E-state index contributed by atoms with van der Waals surface area (Å²) in [4.78, 5) is 45.0. The highest BCUT2D eigenvalue weighted by molar-refractivity contribution is 7.96. The first-order chi connectivity index (χ1) is 27.4. The zero-order chi connectivity index (χ0) is 42.4. The molecule has 304 valence electrons. The summed E-state index contributed by atoms with van der Waals surface area (Å²) in [7, 11) is -5.55. The summed E-state index contributed by atoms with van der Waals surface area (Å²) in [5.41, 5.74) is 0.817. The summed E-state index contributed by atoms with van der Waals surface area (Å²) in [5.74, 6) is -4.74. The SMILES string of the molecule is CCOc1cc(/N=N/c2c(S(=O)(=O)O)cc3ccc(NC(=O)C(C(C)C(=O)O)C(C)c4ccccc4)cc3c2O)c(OCC)cc1/N=N/c1cccc(P(O)(O)=P)c1. The molecule has 0 aliphatic rings. The van der Waals surface area contributed by atoms with Crippen LogP contribution >= 0.6 is 15.5 Å². The number of fused-ring (bicyclic) bond motifs is 1. The van der Waals surface area contributed by atoms with Gasteiger partial charge in [0.15, 0.2) is 12.8 Å². The highest BCUT2D eigenvalue weighted by atomic mass is 32.2. The van der Waals surface area contributed by atoms with Gasteiger partial charge in [-0.05, 0) is 67.1 Å². The van der Waals surface area contributed by atoms with Crippen molar-refractivity contribution in [2.75, 3.05) is 18.5 Å². The minimum Gasteiger partial charge on any atom is -0.505 e. The Hall–Kier alpha value is -5.54. The summed E-state index contributed by atoms with van der Waals surface area (Å²) >= 11 is 0. The molecule has 0 radical (unpaired) electrons. The van der Waals surface area contributed by atoms with Gasteiger partial charge in [-0.1, -0.05) is 64.8 Å². The molecule has 19 heteroatoms. The maximum atomic E-state index is 13.7. The van der Waals surface area contributed by atoms with Crippen molar-refractivity contribution >= 4 is 82.0 Å². The molecule has 16 nitrogen and oxygen atoms in total. The predicted molar refractivity (Wildman–Crippen MR) is 222 cm³/mol. The number of phenolic OH excluding ortho intramolecular Hbond substituents is 1. The van der Waals surface area contributed by atoms with Crippen LogP contribution < -0.4 is 20.1 Å². The number of aromatic hydroxyl groups is 1. The lowest BCUT2D eigenvalue weighted by atomic mass is 9.79. The summed E-state index contributed by atoms with van der Waals surface area (Å²) < 4.78 is 47.0. The van der Waals surface area contributed by atoms with Crippen LogP contribution in [0, 0.1) is 11.8 Å².